The molecule has 0 aliphatic carbocycles. The van der Waals surface area contributed by atoms with Crippen LogP contribution in [0.4, 0.5) is 0 Å². The normalized spacial score (nSPS) is 15.1. The van der Waals surface area contributed by atoms with Crippen molar-refractivity contribution in [2.45, 2.75) is 31.4 Å². The third-order valence-corrected chi connectivity index (χ3v) is 7.75. The number of piperidine rings is 1. The summed E-state index contributed by atoms with van der Waals surface area (Å²) in [5, 5.41) is 12.2. The van der Waals surface area contributed by atoms with Crippen LogP contribution in [0, 0.1) is 12.8 Å². The summed E-state index contributed by atoms with van der Waals surface area (Å²) >= 11 is 0. The van der Waals surface area contributed by atoms with Gasteiger partial charge in [0.05, 0.1) is 0 Å². The van der Waals surface area contributed by atoms with Crippen molar-refractivity contribution in [2.24, 2.45) is 5.92 Å². The number of hydrogen-bond donors (Lipinski definition) is 1. The second-order valence-electron chi connectivity index (χ2n) is 10.2. The molecule has 0 radical (unpaired) electrons. The van der Waals surface area contributed by atoms with E-state index in [1.54, 1.807) is 48.2 Å². The molecule has 1 amide bonds. The van der Waals surface area contributed by atoms with Gasteiger partial charge in [0.15, 0.2) is 11.8 Å². The first kappa shape index (κ1) is 26.3. The Morgan fingerprint density at radius 2 is 1.33 bits per heavy atom. The lowest BCUT2D eigenvalue weighted by molar-refractivity contribution is -0.136. The molecule has 1 aliphatic rings. The summed E-state index contributed by atoms with van der Waals surface area (Å²) < 4.78 is 1.24. The van der Waals surface area contributed by atoms with Gasteiger partial charge in [0.1, 0.15) is 5.60 Å². The molecule has 1 atom stereocenters. The van der Waals surface area contributed by atoms with Gasteiger partial charge in [-0.05, 0) is 48.4 Å². The van der Waals surface area contributed by atoms with E-state index in [1.807, 2.05) is 60.7 Å². The van der Waals surface area contributed by atoms with E-state index in [2.05, 4.69) is 0 Å². The number of carbonyl (C=O) groups excluding carboxylic acids is 2. The first-order valence-electron chi connectivity index (χ1n) is 13.3. The van der Waals surface area contributed by atoms with Gasteiger partial charge in [-0.25, -0.2) is 0 Å². The molecule has 1 saturated heterocycles. The summed E-state index contributed by atoms with van der Waals surface area (Å²) in [7, 11) is 0. The average Bonchev–Trinajstić information content (AvgIpc) is 2.99. The van der Waals surface area contributed by atoms with Crippen LogP contribution in [0.25, 0.3) is 0 Å². The number of aliphatic hydroxyl groups is 1. The lowest BCUT2D eigenvalue weighted by Crippen LogP contribution is -2.49. The van der Waals surface area contributed by atoms with Crippen LogP contribution in [-0.2, 0) is 10.4 Å². The minimum absolute atomic E-state index is 0.142. The molecule has 198 valence electrons. The number of pyridine rings is 1. The fraction of sp³-hybridized carbons (Fsp3) is 0.242. The van der Waals surface area contributed by atoms with E-state index in [0.29, 0.717) is 31.5 Å². The molecule has 3 aromatic carbocycles. The molecular formula is C33H32N2O4. The summed E-state index contributed by atoms with van der Waals surface area (Å²) in [5.41, 5.74) is 1.14. The number of hydrogen-bond acceptors (Lipinski definition) is 4. The zero-order valence-electron chi connectivity index (χ0n) is 21.9. The molecule has 1 N–H and O–H groups in total. The molecule has 0 saturated carbocycles. The Bertz CT molecular complexity index is 1450. The number of likely N-dealkylation sites (tertiary alicyclic amines) is 1. The van der Waals surface area contributed by atoms with E-state index in [0.717, 1.165) is 16.7 Å². The minimum atomic E-state index is -1.29. The van der Waals surface area contributed by atoms with Crippen molar-refractivity contribution < 1.29 is 14.7 Å². The van der Waals surface area contributed by atoms with Gasteiger partial charge in [0.25, 0.3) is 11.5 Å². The standard InChI is InChI=1S/C33H32N2O4/c1-24-17-22-35(29(36)23-24)30(31(37)25-11-5-2-6-12-25)32(38)34-20-18-28(19-21-34)33(39,26-13-7-3-8-14-26)27-15-9-4-10-16-27/h2-17,22-23,28,30,39H,18-21H2,1H3/t30-/m0/s1. The van der Waals surface area contributed by atoms with Gasteiger partial charge in [-0.2, -0.15) is 0 Å². The number of amides is 1. The highest BCUT2D eigenvalue weighted by Crippen LogP contribution is 2.42. The van der Waals surface area contributed by atoms with Crippen LogP contribution in [0.1, 0.15) is 45.9 Å². The zero-order chi connectivity index (χ0) is 27.4. The van der Waals surface area contributed by atoms with Crippen LogP contribution < -0.4 is 5.56 Å². The molecule has 5 rings (SSSR count). The van der Waals surface area contributed by atoms with Crippen molar-refractivity contribution in [3.63, 3.8) is 0 Å². The van der Waals surface area contributed by atoms with E-state index in [4.69, 9.17) is 0 Å². The highest BCUT2D eigenvalue weighted by molar-refractivity contribution is 6.11. The van der Waals surface area contributed by atoms with Crippen LogP contribution in [0.3, 0.4) is 0 Å². The Hall–Kier alpha value is -4.29. The number of nitrogens with zero attached hydrogens (tertiary/aromatic N) is 2. The molecule has 0 bridgehead atoms. The third kappa shape index (κ3) is 5.20. The highest BCUT2D eigenvalue weighted by Gasteiger charge is 2.43. The van der Waals surface area contributed by atoms with Crippen LogP contribution in [-0.4, -0.2) is 39.4 Å². The molecule has 1 fully saturated rings. The maximum atomic E-state index is 13.9. The van der Waals surface area contributed by atoms with Crippen LogP contribution >= 0.6 is 0 Å². The van der Waals surface area contributed by atoms with Gasteiger partial charge < -0.3 is 10.0 Å². The molecule has 6 heteroatoms. The number of rotatable bonds is 7. The second kappa shape index (κ2) is 11.2. The summed E-state index contributed by atoms with van der Waals surface area (Å²) in [6, 6.07) is 29.7. The predicted octanol–water partition coefficient (Wildman–Crippen LogP) is 4.76. The fourth-order valence-corrected chi connectivity index (χ4v) is 5.63. The molecular weight excluding hydrogens is 488 g/mol. The second-order valence-corrected chi connectivity index (χ2v) is 10.2. The highest BCUT2D eigenvalue weighted by atomic mass is 16.3. The molecule has 4 aromatic rings. The number of benzene rings is 3. The Kier molecular flexibility index (Phi) is 7.57. The topological polar surface area (TPSA) is 79.6 Å². The molecule has 1 aromatic heterocycles. The van der Waals surface area contributed by atoms with Crippen molar-refractivity contribution in [3.8, 4) is 0 Å². The van der Waals surface area contributed by atoms with E-state index < -0.39 is 28.9 Å². The first-order chi connectivity index (χ1) is 18.9. The van der Waals surface area contributed by atoms with Gasteiger partial charge in [-0.1, -0.05) is 91.0 Å². The minimum Gasteiger partial charge on any atom is -0.380 e. The smallest absolute Gasteiger partial charge is 0.253 e. The first-order valence-corrected chi connectivity index (χ1v) is 13.3. The number of Topliss-reactive ketones (excluding diaryl/α,β-unsaturated/α-hetero) is 1. The maximum absolute atomic E-state index is 13.9. The van der Waals surface area contributed by atoms with E-state index in [9.17, 15) is 19.5 Å². The monoisotopic (exact) mass is 520 g/mol. The fourth-order valence-electron chi connectivity index (χ4n) is 5.63. The van der Waals surface area contributed by atoms with E-state index in [1.165, 1.54) is 16.8 Å². The summed E-state index contributed by atoms with van der Waals surface area (Å²) in [5.74, 6) is -0.966. The Morgan fingerprint density at radius 3 is 1.85 bits per heavy atom. The Labute approximate surface area is 228 Å². The van der Waals surface area contributed by atoms with Gasteiger partial charge in [0, 0.05) is 30.9 Å². The molecule has 1 aliphatic heterocycles. The van der Waals surface area contributed by atoms with Gasteiger partial charge in [-0.3, -0.25) is 19.0 Å². The SMILES string of the molecule is Cc1ccn([C@@H](C(=O)c2ccccc2)C(=O)N2CCC(C(O)(c3ccccc3)c3ccccc3)CC2)c(=O)c1. The Morgan fingerprint density at radius 1 is 0.821 bits per heavy atom. The zero-order valence-corrected chi connectivity index (χ0v) is 21.9. The largest absolute Gasteiger partial charge is 0.380 e. The summed E-state index contributed by atoms with van der Waals surface area (Å²) in [6.45, 7) is 2.53. The van der Waals surface area contributed by atoms with Crippen molar-refractivity contribution in [1.29, 1.82) is 0 Å². The van der Waals surface area contributed by atoms with Crippen LogP contribution in [0.5, 0.6) is 0 Å². The third-order valence-electron chi connectivity index (χ3n) is 7.75. The van der Waals surface area contributed by atoms with E-state index >= 15 is 0 Å². The summed E-state index contributed by atoms with van der Waals surface area (Å²) in [4.78, 5) is 42.1. The number of aryl methyl sites for hydroxylation is 1. The molecule has 39 heavy (non-hydrogen) atoms. The molecule has 6 nitrogen and oxygen atoms in total. The molecule has 0 spiro atoms. The molecule has 0 unspecified atom stereocenters. The number of carbonyl (C=O) groups is 2. The Balaban J connectivity index is 1.43. The number of ketones is 1. The lowest BCUT2D eigenvalue weighted by Gasteiger charge is -2.43. The predicted molar refractivity (Wildman–Crippen MR) is 150 cm³/mol. The van der Waals surface area contributed by atoms with Gasteiger partial charge in [-0.15, -0.1) is 0 Å². The molecule has 2 heterocycles. The quantitative estimate of drug-likeness (QED) is 0.282. The van der Waals surface area contributed by atoms with Crippen LogP contribution in [0.15, 0.2) is 114 Å². The van der Waals surface area contributed by atoms with Gasteiger partial charge >= 0.3 is 0 Å². The lowest BCUT2D eigenvalue weighted by atomic mass is 9.72. The number of aromatic nitrogens is 1. The van der Waals surface area contributed by atoms with E-state index in [-0.39, 0.29) is 5.92 Å². The van der Waals surface area contributed by atoms with Crippen LogP contribution in [0.2, 0.25) is 0 Å². The van der Waals surface area contributed by atoms with Crippen molar-refractivity contribution in [3.05, 3.63) is 142 Å². The maximum Gasteiger partial charge on any atom is 0.253 e. The van der Waals surface area contributed by atoms with Gasteiger partial charge in [0.2, 0.25) is 0 Å². The van der Waals surface area contributed by atoms with Crippen molar-refractivity contribution in [2.75, 3.05) is 13.1 Å². The van der Waals surface area contributed by atoms with Crippen molar-refractivity contribution >= 4 is 11.7 Å². The summed E-state index contributed by atoms with van der Waals surface area (Å²) in [6.07, 6.45) is 2.61. The average molecular weight is 521 g/mol. The van der Waals surface area contributed by atoms with Crippen molar-refractivity contribution in [1.82, 2.24) is 9.47 Å².